The number of benzene rings is 1. The third-order valence-corrected chi connectivity index (χ3v) is 1.16. The molecule has 0 bridgehead atoms. The summed E-state index contributed by atoms with van der Waals surface area (Å²) in [6, 6.07) is 8.90. The molecule has 4 nitrogen and oxygen atoms in total. The lowest BCUT2D eigenvalue weighted by Crippen LogP contribution is -2.21. The van der Waals surface area contributed by atoms with E-state index >= 15 is 0 Å². The molecular weight excluding hydrogens is 182 g/mol. The molecule has 0 aliphatic rings. The Hall–Kier alpha value is -1.55. The third kappa shape index (κ3) is 6.02. The summed E-state index contributed by atoms with van der Waals surface area (Å²) in [7, 11) is 1.52. The molecule has 14 heavy (non-hydrogen) atoms. The highest BCUT2D eigenvalue weighted by molar-refractivity contribution is 5.69. The van der Waals surface area contributed by atoms with Gasteiger partial charge in [0.15, 0.2) is 0 Å². The van der Waals surface area contributed by atoms with E-state index < -0.39 is 6.09 Å². The summed E-state index contributed by atoms with van der Waals surface area (Å²) in [5.41, 5.74) is 0. The largest absolute Gasteiger partial charge is 0.412 e. The average molecular weight is 197 g/mol. The van der Waals surface area contributed by atoms with Crippen LogP contribution in [0.1, 0.15) is 6.92 Å². The number of aliphatic hydroxyl groups excluding tert-OH is 1. The number of ether oxygens (including phenoxy) is 1. The van der Waals surface area contributed by atoms with Crippen LogP contribution in [0.2, 0.25) is 0 Å². The Kier molecular flexibility index (Phi) is 7.17. The Labute approximate surface area is 83.5 Å². The van der Waals surface area contributed by atoms with Crippen molar-refractivity contribution in [1.29, 1.82) is 0 Å². The summed E-state index contributed by atoms with van der Waals surface area (Å²) < 4.78 is 4.81. The van der Waals surface area contributed by atoms with Crippen molar-refractivity contribution < 1.29 is 14.6 Å². The Morgan fingerprint density at radius 3 is 2.36 bits per heavy atom. The lowest BCUT2D eigenvalue weighted by molar-refractivity contribution is 0.203. The van der Waals surface area contributed by atoms with Crippen molar-refractivity contribution in [3.8, 4) is 5.75 Å². The SMILES string of the molecule is CCO.CNC(=O)Oc1ccccc1. The molecular formula is C10H15NO3. The van der Waals surface area contributed by atoms with E-state index in [1.165, 1.54) is 7.05 Å². The highest BCUT2D eigenvalue weighted by atomic mass is 16.5. The normalized spacial score (nSPS) is 8.21. The van der Waals surface area contributed by atoms with E-state index in [-0.39, 0.29) is 6.61 Å². The van der Waals surface area contributed by atoms with Gasteiger partial charge in [-0.05, 0) is 19.1 Å². The Morgan fingerprint density at radius 1 is 1.43 bits per heavy atom. The number of nitrogens with one attached hydrogen (secondary N) is 1. The lowest BCUT2D eigenvalue weighted by atomic mass is 10.3. The van der Waals surface area contributed by atoms with E-state index in [1.54, 1.807) is 31.2 Å². The Morgan fingerprint density at radius 2 is 1.93 bits per heavy atom. The molecule has 0 heterocycles. The first-order valence-corrected chi connectivity index (χ1v) is 4.30. The van der Waals surface area contributed by atoms with Gasteiger partial charge in [0.1, 0.15) is 5.75 Å². The predicted molar refractivity (Wildman–Crippen MR) is 54.3 cm³/mol. The maximum Gasteiger partial charge on any atom is 0.412 e. The zero-order chi connectivity index (χ0) is 10.8. The summed E-state index contributed by atoms with van der Waals surface area (Å²) in [6.45, 7) is 1.93. The molecule has 1 aromatic rings. The quantitative estimate of drug-likeness (QED) is 0.715. The molecule has 0 aliphatic heterocycles. The fourth-order valence-corrected chi connectivity index (χ4v) is 0.647. The van der Waals surface area contributed by atoms with Crippen molar-refractivity contribution in [2.45, 2.75) is 6.92 Å². The van der Waals surface area contributed by atoms with Gasteiger partial charge in [0.05, 0.1) is 0 Å². The number of hydrogen-bond donors (Lipinski definition) is 2. The maximum absolute atomic E-state index is 10.6. The predicted octanol–water partition coefficient (Wildman–Crippen LogP) is 1.40. The van der Waals surface area contributed by atoms with Crippen LogP contribution in [0, 0.1) is 0 Å². The van der Waals surface area contributed by atoms with E-state index in [0.29, 0.717) is 5.75 Å². The second-order valence-corrected chi connectivity index (χ2v) is 2.27. The van der Waals surface area contributed by atoms with Gasteiger partial charge in [-0.3, -0.25) is 0 Å². The molecule has 0 atom stereocenters. The van der Waals surface area contributed by atoms with Crippen LogP contribution >= 0.6 is 0 Å². The Balaban J connectivity index is 0.000000500. The number of carbonyl (C=O) groups excluding carboxylic acids is 1. The first kappa shape index (κ1) is 12.4. The van der Waals surface area contributed by atoms with Crippen LogP contribution in [0.3, 0.4) is 0 Å². The highest BCUT2D eigenvalue weighted by Crippen LogP contribution is 2.07. The van der Waals surface area contributed by atoms with Gasteiger partial charge in [-0.2, -0.15) is 0 Å². The summed E-state index contributed by atoms with van der Waals surface area (Å²) >= 11 is 0. The average Bonchev–Trinajstić information content (AvgIpc) is 2.20. The molecule has 0 saturated carbocycles. The zero-order valence-electron chi connectivity index (χ0n) is 8.36. The smallest absolute Gasteiger partial charge is 0.410 e. The van der Waals surface area contributed by atoms with E-state index in [9.17, 15) is 4.79 Å². The third-order valence-electron chi connectivity index (χ3n) is 1.16. The number of hydrogen-bond acceptors (Lipinski definition) is 3. The van der Waals surface area contributed by atoms with Crippen molar-refractivity contribution in [2.75, 3.05) is 13.7 Å². The van der Waals surface area contributed by atoms with Crippen LogP contribution in [0.15, 0.2) is 30.3 Å². The minimum atomic E-state index is -0.448. The summed E-state index contributed by atoms with van der Waals surface area (Å²) in [4.78, 5) is 10.6. The van der Waals surface area contributed by atoms with Gasteiger partial charge in [-0.15, -0.1) is 0 Å². The van der Waals surface area contributed by atoms with Gasteiger partial charge in [0, 0.05) is 13.7 Å². The first-order valence-electron chi connectivity index (χ1n) is 4.30. The maximum atomic E-state index is 10.6. The minimum Gasteiger partial charge on any atom is -0.410 e. The number of aliphatic hydroxyl groups is 1. The summed E-state index contributed by atoms with van der Waals surface area (Å²) in [5.74, 6) is 0.548. The number of rotatable bonds is 1. The lowest BCUT2D eigenvalue weighted by Gasteiger charge is -2.00. The van der Waals surface area contributed by atoms with Crippen molar-refractivity contribution >= 4 is 6.09 Å². The summed E-state index contributed by atoms with van der Waals surface area (Å²) in [6.07, 6.45) is -0.448. The standard InChI is InChI=1S/C8H9NO2.C2H6O/c1-9-8(10)11-7-5-3-2-4-6-7;1-2-3/h2-6H,1H3,(H,9,10);3H,2H2,1H3. The second kappa shape index (κ2) is 8.07. The van der Waals surface area contributed by atoms with Crippen LogP contribution in [0.4, 0.5) is 4.79 Å². The number of carbonyl (C=O) groups is 1. The van der Waals surface area contributed by atoms with Crippen LogP contribution in [0.25, 0.3) is 0 Å². The van der Waals surface area contributed by atoms with Gasteiger partial charge >= 0.3 is 6.09 Å². The van der Waals surface area contributed by atoms with E-state index in [1.807, 2.05) is 6.07 Å². The zero-order valence-corrected chi connectivity index (χ0v) is 8.36. The van der Waals surface area contributed by atoms with Gasteiger partial charge in [-0.25, -0.2) is 4.79 Å². The van der Waals surface area contributed by atoms with Crippen LogP contribution in [-0.2, 0) is 0 Å². The molecule has 1 rings (SSSR count). The van der Waals surface area contributed by atoms with Crippen LogP contribution in [-0.4, -0.2) is 24.9 Å². The molecule has 1 amide bonds. The van der Waals surface area contributed by atoms with Gasteiger partial charge in [0.2, 0.25) is 0 Å². The molecule has 4 heteroatoms. The van der Waals surface area contributed by atoms with Gasteiger partial charge < -0.3 is 15.2 Å². The molecule has 2 N–H and O–H groups in total. The molecule has 0 radical (unpaired) electrons. The molecule has 1 aromatic carbocycles. The van der Waals surface area contributed by atoms with Crippen molar-refractivity contribution in [3.63, 3.8) is 0 Å². The Bertz CT molecular complexity index is 249. The number of para-hydroxylation sites is 1. The molecule has 0 fully saturated rings. The molecule has 0 saturated heterocycles. The molecule has 0 aromatic heterocycles. The first-order chi connectivity index (χ1) is 6.74. The molecule has 0 aliphatic carbocycles. The van der Waals surface area contributed by atoms with E-state index in [2.05, 4.69) is 5.32 Å². The molecule has 78 valence electrons. The second-order valence-electron chi connectivity index (χ2n) is 2.27. The van der Waals surface area contributed by atoms with Crippen molar-refractivity contribution in [2.24, 2.45) is 0 Å². The topological polar surface area (TPSA) is 58.6 Å². The number of amides is 1. The van der Waals surface area contributed by atoms with Gasteiger partial charge in [0.25, 0.3) is 0 Å². The van der Waals surface area contributed by atoms with E-state index in [4.69, 9.17) is 9.84 Å². The van der Waals surface area contributed by atoms with Crippen molar-refractivity contribution in [3.05, 3.63) is 30.3 Å². The fraction of sp³-hybridized carbons (Fsp3) is 0.300. The van der Waals surface area contributed by atoms with Gasteiger partial charge in [-0.1, -0.05) is 18.2 Å². The monoisotopic (exact) mass is 197 g/mol. The van der Waals surface area contributed by atoms with Crippen LogP contribution in [0.5, 0.6) is 5.75 Å². The fourth-order valence-electron chi connectivity index (χ4n) is 0.647. The molecule has 0 spiro atoms. The molecule has 0 unspecified atom stereocenters. The minimum absolute atomic E-state index is 0.250. The van der Waals surface area contributed by atoms with Crippen LogP contribution < -0.4 is 10.1 Å². The highest BCUT2D eigenvalue weighted by Gasteiger charge is 1.97. The van der Waals surface area contributed by atoms with Crippen molar-refractivity contribution in [1.82, 2.24) is 5.32 Å². The van der Waals surface area contributed by atoms with E-state index in [0.717, 1.165) is 0 Å². The summed E-state index contributed by atoms with van der Waals surface area (Å²) in [5, 5.41) is 9.92.